The van der Waals surface area contributed by atoms with Crippen molar-refractivity contribution in [3.05, 3.63) is 93.5 Å². The number of hydrogen-bond donors (Lipinski definition) is 1. The number of thiazole rings is 1. The van der Waals surface area contributed by atoms with Gasteiger partial charge in [-0.3, -0.25) is 14.5 Å². The van der Waals surface area contributed by atoms with E-state index in [0.717, 1.165) is 14.7 Å². The summed E-state index contributed by atoms with van der Waals surface area (Å²) in [6.45, 7) is 4.38. The molecule has 1 aliphatic rings. The fraction of sp³-hybridized carbons (Fsp3) is 0.148. The number of ketones is 1. The molecule has 35 heavy (non-hydrogen) atoms. The summed E-state index contributed by atoms with van der Waals surface area (Å²) in [5.74, 6) is -0.981. The monoisotopic (exact) mass is 548 g/mol. The standard InChI is InChI=1S/C27H21BrN2O4S/c1-3-34-19-11-12-20-21(14-19)35-27(29-20)30-23(17-5-4-6-18(28)13-17)22(25(32)26(30)33)24(31)16-9-7-15(2)8-10-16/h4-14,23,31H,3H2,1-2H3/b24-22+/t23-/m0/s1. The number of aliphatic hydroxyl groups is 1. The molecule has 176 valence electrons. The molecule has 1 fully saturated rings. The van der Waals surface area contributed by atoms with Crippen molar-refractivity contribution in [1.29, 1.82) is 0 Å². The van der Waals surface area contributed by atoms with E-state index >= 15 is 0 Å². The number of fused-ring (bicyclic) bond motifs is 1. The Balaban J connectivity index is 1.70. The van der Waals surface area contributed by atoms with Gasteiger partial charge in [-0.1, -0.05) is 69.2 Å². The Bertz CT molecular complexity index is 1490. The Hall–Kier alpha value is -3.49. The zero-order valence-electron chi connectivity index (χ0n) is 19.0. The Kier molecular flexibility index (Phi) is 6.17. The number of ether oxygens (including phenoxy) is 1. The lowest BCUT2D eigenvalue weighted by Crippen LogP contribution is -2.29. The Labute approximate surface area is 214 Å². The van der Waals surface area contributed by atoms with E-state index in [1.165, 1.54) is 16.2 Å². The number of aromatic nitrogens is 1. The summed E-state index contributed by atoms with van der Waals surface area (Å²) in [6.07, 6.45) is 0. The Morgan fingerprint density at radius 2 is 1.89 bits per heavy atom. The fourth-order valence-electron chi connectivity index (χ4n) is 4.14. The van der Waals surface area contributed by atoms with Crippen molar-refractivity contribution in [2.24, 2.45) is 0 Å². The molecule has 1 aliphatic heterocycles. The van der Waals surface area contributed by atoms with Gasteiger partial charge in [-0.15, -0.1) is 0 Å². The maximum atomic E-state index is 13.4. The number of anilines is 1. The molecule has 0 bridgehead atoms. The summed E-state index contributed by atoms with van der Waals surface area (Å²) >= 11 is 4.78. The Morgan fingerprint density at radius 1 is 1.11 bits per heavy atom. The van der Waals surface area contributed by atoms with Gasteiger partial charge in [-0.2, -0.15) is 0 Å². The van der Waals surface area contributed by atoms with E-state index in [-0.39, 0.29) is 11.3 Å². The van der Waals surface area contributed by atoms with Crippen LogP contribution in [0.15, 0.2) is 76.8 Å². The van der Waals surface area contributed by atoms with Crippen LogP contribution in [0.1, 0.15) is 29.7 Å². The van der Waals surface area contributed by atoms with Crippen LogP contribution in [-0.2, 0) is 9.59 Å². The van der Waals surface area contributed by atoms with E-state index in [9.17, 15) is 14.7 Å². The molecule has 1 atom stereocenters. The number of benzene rings is 3. The average Bonchev–Trinajstić information content (AvgIpc) is 3.37. The van der Waals surface area contributed by atoms with E-state index in [4.69, 9.17) is 4.74 Å². The van der Waals surface area contributed by atoms with Crippen LogP contribution in [0.25, 0.3) is 16.0 Å². The summed E-state index contributed by atoms with van der Waals surface area (Å²) in [5, 5.41) is 11.6. The van der Waals surface area contributed by atoms with Gasteiger partial charge in [0.25, 0.3) is 5.78 Å². The lowest BCUT2D eigenvalue weighted by Gasteiger charge is -2.23. The number of hydrogen-bond acceptors (Lipinski definition) is 6. The predicted molar refractivity (Wildman–Crippen MR) is 141 cm³/mol. The lowest BCUT2D eigenvalue weighted by atomic mass is 9.95. The second-order valence-corrected chi connectivity index (χ2v) is 10.1. The maximum Gasteiger partial charge on any atom is 0.301 e. The van der Waals surface area contributed by atoms with Gasteiger partial charge in [0, 0.05) is 10.0 Å². The van der Waals surface area contributed by atoms with E-state index in [1.54, 1.807) is 12.1 Å². The number of Topliss-reactive ketones (excluding diaryl/α,β-unsaturated/α-hetero) is 1. The van der Waals surface area contributed by atoms with Crippen LogP contribution >= 0.6 is 27.3 Å². The summed E-state index contributed by atoms with van der Waals surface area (Å²) in [6, 6.07) is 19.2. The highest BCUT2D eigenvalue weighted by Gasteiger charge is 2.48. The van der Waals surface area contributed by atoms with Crippen LogP contribution in [0.3, 0.4) is 0 Å². The molecule has 6 nitrogen and oxygen atoms in total. The van der Waals surface area contributed by atoms with Crippen LogP contribution in [-0.4, -0.2) is 28.4 Å². The molecule has 0 unspecified atom stereocenters. The molecule has 2 heterocycles. The first kappa shape index (κ1) is 23.3. The predicted octanol–water partition coefficient (Wildman–Crippen LogP) is 6.39. The quantitative estimate of drug-likeness (QED) is 0.177. The first-order valence-electron chi connectivity index (χ1n) is 11.0. The SMILES string of the molecule is CCOc1ccc2nc(N3C(=O)C(=O)/C(=C(/O)c4ccc(C)cc4)[C@@H]3c3cccc(Br)c3)sc2c1. The number of aliphatic hydroxyl groups excluding tert-OH is 1. The van der Waals surface area contributed by atoms with Crippen molar-refractivity contribution in [1.82, 2.24) is 4.98 Å². The molecule has 0 radical (unpaired) electrons. The average molecular weight is 549 g/mol. The zero-order chi connectivity index (χ0) is 24.7. The number of aryl methyl sites for hydroxylation is 1. The summed E-state index contributed by atoms with van der Waals surface area (Å²) in [5.41, 5.74) is 2.90. The van der Waals surface area contributed by atoms with Crippen LogP contribution in [0.2, 0.25) is 0 Å². The van der Waals surface area contributed by atoms with Crippen LogP contribution < -0.4 is 9.64 Å². The number of carbonyl (C=O) groups is 2. The second kappa shape index (κ2) is 9.28. The van der Waals surface area contributed by atoms with Crippen LogP contribution in [0.5, 0.6) is 5.75 Å². The molecular weight excluding hydrogens is 528 g/mol. The van der Waals surface area contributed by atoms with Gasteiger partial charge in [0.15, 0.2) is 5.13 Å². The third kappa shape index (κ3) is 4.24. The fourth-order valence-corrected chi connectivity index (χ4v) is 5.58. The smallest absolute Gasteiger partial charge is 0.301 e. The van der Waals surface area contributed by atoms with E-state index in [2.05, 4.69) is 20.9 Å². The minimum Gasteiger partial charge on any atom is -0.507 e. The number of rotatable bonds is 5. The molecule has 0 spiro atoms. The first-order valence-corrected chi connectivity index (χ1v) is 12.6. The molecule has 1 N–H and O–H groups in total. The molecule has 4 aromatic rings. The largest absolute Gasteiger partial charge is 0.507 e. The summed E-state index contributed by atoms with van der Waals surface area (Å²) < 4.78 is 7.22. The van der Waals surface area contributed by atoms with E-state index in [0.29, 0.717) is 34.1 Å². The van der Waals surface area contributed by atoms with E-state index in [1.807, 2.05) is 68.4 Å². The zero-order valence-corrected chi connectivity index (χ0v) is 21.4. The minimum absolute atomic E-state index is 0.0335. The summed E-state index contributed by atoms with van der Waals surface area (Å²) in [7, 11) is 0. The van der Waals surface area contributed by atoms with Gasteiger partial charge in [0.05, 0.1) is 28.4 Å². The van der Waals surface area contributed by atoms with Crippen molar-refractivity contribution in [3.63, 3.8) is 0 Å². The molecule has 1 saturated heterocycles. The Morgan fingerprint density at radius 3 is 2.60 bits per heavy atom. The normalized spacial score (nSPS) is 17.3. The molecule has 3 aromatic carbocycles. The van der Waals surface area contributed by atoms with Gasteiger partial charge in [0.1, 0.15) is 11.5 Å². The minimum atomic E-state index is -0.833. The van der Waals surface area contributed by atoms with E-state index < -0.39 is 17.7 Å². The van der Waals surface area contributed by atoms with Crippen molar-refractivity contribution in [3.8, 4) is 5.75 Å². The number of amides is 1. The van der Waals surface area contributed by atoms with Gasteiger partial charge >= 0.3 is 5.91 Å². The third-order valence-corrected chi connectivity index (χ3v) is 7.31. The first-order chi connectivity index (χ1) is 16.9. The molecule has 0 aliphatic carbocycles. The van der Waals surface area contributed by atoms with Crippen molar-refractivity contribution < 1.29 is 19.4 Å². The van der Waals surface area contributed by atoms with Crippen LogP contribution in [0.4, 0.5) is 5.13 Å². The number of carbonyl (C=O) groups excluding carboxylic acids is 2. The van der Waals surface area contributed by atoms with Crippen LogP contribution in [0, 0.1) is 6.92 Å². The van der Waals surface area contributed by atoms with Crippen molar-refractivity contribution in [2.45, 2.75) is 19.9 Å². The van der Waals surface area contributed by atoms with Crippen molar-refractivity contribution >= 4 is 60.1 Å². The van der Waals surface area contributed by atoms with Gasteiger partial charge in [0.2, 0.25) is 0 Å². The molecule has 1 amide bonds. The lowest BCUT2D eigenvalue weighted by molar-refractivity contribution is -0.132. The number of halogens is 1. The summed E-state index contributed by atoms with van der Waals surface area (Å²) in [4.78, 5) is 32.8. The van der Waals surface area contributed by atoms with Crippen molar-refractivity contribution in [2.75, 3.05) is 11.5 Å². The highest BCUT2D eigenvalue weighted by molar-refractivity contribution is 9.10. The highest BCUT2D eigenvalue weighted by Crippen LogP contribution is 2.45. The topological polar surface area (TPSA) is 79.7 Å². The van der Waals surface area contributed by atoms with Gasteiger partial charge < -0.3 is 9.84 Å². The number of nitrogens with zero attached hydrogens (tertiary/aromatic N) is 2. The van der Waals surface area contributed by atoms with Gasteiger partial charge in [-0.05, 0) is 49.7 Å². The molecule has 0 saturated carbocycles. The molecule has 5 rings (SSSR count). The molecule has 8 heteroatoms. The second-order valence-electron chi connectivity index (χ2n) is 8.15. The molecular formula is C27H21BrN2O4S. The highest BCUT2D eigenvalue weighted by atomic mass is 79.9. The third-order valence-electron chi connectivity index (χ3n) is 5.80. The molecule has 1 aromatic heterocycles. The maximum absolute atomic E-state index is 13.4. The van der Waals surface area contributed by atoms with Gasteiger partial charge in [-0.25, -0.2) is 4.98 Å².